The SMILES string of the molecule is Cc1cccc(-c2nc3nc(C(=O)O)nc(N[C@@H](C4CC4)C(F)(F)F)c3n2Cc2ccc(C(F)(F)F)cc2)c1. The van der Waals surface area contributed by atoms with E-state index >= 15 is 0 Å². The summed E-state index contributed by atoms with van der Waals surface area (Å²) in [6, 6.07) is 9.41. The van der Waals surface area contributed by atoms with Crippen molar-refractivity contribution in [2.45, 2.75) is 44.7 Å². The maximum atomic E-state index is 13.9. The summed E-state index contributed by atoms with van der Waals surface area (Å²) in [5.41, 5.74) is 0.796. The number of carboxylic acids is 1. The Morgan fingerprint density at radius 2 is 1.74 bits per heavy atom. The molecule has 0 amide bonds. The van der Waals surface area contributed by atoms with Crippen LogP contribution in [0.25, 0.3) is 22.6 Å². The maximum Gasteiger partial charge on any atom is 0.416 e. The lowest BCUT2D eigenvalue weighted by atomic mass is 10.1. The van der Waals surface area contributed by atoms with Crippen LogP contribution in [0.5, 0.6) is 0 Å². The zero-order valence-corrected chi connectivity index (χ0v) is 20.3. The number of carbonyl (C=O) groups is 1. The Bertz CT molecular complexity index is 1540. The van der Waals surface area contributed by atoms with Crippen LogP contribution in [0.1, 0.15) is 40.2 Å². The molecule has 2 aromatic heterocycles. The molecule has 13 heteroatoms. The molecule has 0 unspecified atom stereocenters. The van der Waals surface area contributed by atoms with E-state index < -0.39 is 41.7 Å². The van der Waals surface area contributed by atoms with Gasteiger partial charge in [0.05, 0.1) is 5.56 Å². The van der Waals surface area contributed by atoms with Crippen LogP contribution in [0.2, 0.25) is 0 Å². The van der Waals surface area contributed by atoms with Crippen molar-refractivity contribution in [3.05, 3.63) is 71.0 Å². The second-order valence-corrected chi connectivity index (χ2v) is 9.46. The van der Waals surface area contributed by atoms with Gasteiger partial charge in [0.1, 0.15) is 17.4 Å². The molecular formula is C26H21F6N5O2. The summed E-state index contributed by atoms with van der Waals surface area (Å²) in [4.78, 5) is 24.1. The number of hydrogen-bond acceptors (Lipinski definition) is 5. The first-order valence-corrected chi connectivity index (χ1v) is 11.9. The van der Waals surface area contributed by atoms with Crippen LogP contribution < -0.4 is 5.32 Å². The highest BCUT2D eigenvalue weighted by atomic mass is 19.4. The van der Waals surface area contributed by atoms with Crippen molar-refractivity contribution in [3.8, 4) is 11.4 Å². The molecule has 39 heavy (non-hydrogen) atoms. The highest BCUT2D eigenvalue weighted by molar-refractivity contribution is 5.92. The minimum atomic E-state index is -4.64. The third kappa shape index (κ3) is 5.52. The Morgan fingerprint density at radius 3 is 2.31 bits per heavy atom. The molecule has 2 aromatic carbocycles. The molecule has 5 rings (SSSR count). The Labute approximate surface area is 217 Å². The fourth-order valence-corrected chi connectivity index (χ4v) is 4.42. The zero-order valence-electron chi connectivity index (χ0n) is 20.3. The monoisotopic (exact) mass is 549 g/mol. The Balaban J connectivity index is 1.71. The fourth-order valence-electron chi connectivity index (χ4n) is 4.42. The number of aromatic carboxylic acids is 1. The molecule has 1 aliphatic carbocycles. The van der Waals surface area contributed by atoms with E-state index in [-0.39, 0.29) is 29.4 Å². The standard InChI is InChI=1S/C26H21F6N5O2/c1-13-3-2-4-16(11-13)23-36-21-18(37(23)12-14-5-9-17(10-6-14)25(27,28)29)20(34-22(35-21)24(38)39)33-19(15-7-8-15)26(30,31)32/h2-6,9-11,15,19H,7-8,12H2,1H3,(H,38,39)(H,33,34,35)/t19-/m0/s1. The molecule has 0 aliphatic heterocycles. The van der Waals surface area contributed by atoms with Crippen LogP contribution in [-0.4, -0.2) is 42.8 Å². The van der Waals surface area contributed by atoms with Crippen LogP contribution in [-0.2, 0) is 12.7 Å². The third-order valence-electron chi connectivity index (χ3n) is 6.43. The number of hydrogen-bond donors (Lipinski definition) is 2. The lowest BCUT2D eigenvalue weighted by Crippen LogP contribution is -2.38. The van der Waals surface area contributed by atoms with Gasteiger partial charge in [-0.25, -0.2) is 19.7 Å². The van der Waals surface area contributed by atoms with Gasteiger partial charge in [0.25, 0.3) is 0 Å². The molecule has 1 saturated carbocycles. The molecule has 2 heterocycles. The van der Waals surface area contributed by atoms with Gasteiger partial charge in [0, 0.05) is 12.1 Å². The van der Waals surface area contributed by atoms with E-state index in [4.69, 9.17) is 0 Å². The van der Waals surface area contributed by atoms with Gasteiger partial charge in [-0.3, -0.25) is 0 Å². The van der Waals surface area contributed by atoms with Gasteiger partial charge in [-0.1, -0.05) is 35.9 Å². The van der Waals surface area contributed by atoms with Crippen LogP contribution in [0.15, 0.2) is 48.5 Å². The Hall–Kier alpha value is -4.16. The largest absolute Gasteiger partial charge is 0.475 e. The van der Waals surface area contributed by atoms with Gasteiger partial charge in [0.15, 0.2) is 11.5 Å². The van der Waals surface area contributed by atoms with Gasteiger partial charge in [0.2, 0.25) is 5.82 Å². The van der Waals surface area contributed by atoms with Crippen LogP contribution in [0, 0.1) is 12.8 Å². The summed E-state index contributed by atoms with van der Waals surface area (Å²) in [5.74, 6) is -3.12. The van der Waals surface area contributed by atoms with Crippen LogP contribution >= 0.6 is 0 Å². The Kier molecular flexibility index (Phi) is 6.47. The number of nitrogens with one attached hydrogen (secondary N) is 1. The number of anilines is 1. The number of alkyl halides is 6. The lowest BCUT2D eigenvalue weighted by molar-refractivity contribution is -0.146. The lowest BCUT2D eigenvalue weighted by Gasteiger charge is -2.22. The van der Waals surface area contributed by atoms with Crippen LogP contribution in [0.3, 0.4) is 0 Å². The van der Waals surface area contributed by atoms with Crippen molar-refractivity contribution in [3.63, 3.8) is 0 Å². The van der Waals surface area contributed by atoms with Gasteiger partial charge in [-0.05, 0) is 49.4 Å². The average Bonchev–Trinajstić information content (AvgIpc) is 3.62. The molecule has 0 radical (unpaired) electrons. The molecule has 1 fully saturated rings. The van der Waals surface area contributed by atoms with E-state index in [1.54, 1.807) is 18.2 Å². The van der Waals surface area contributed by atoms with E-state index in [1.165, 1.54) is 16.7 Å². The summed E-state index contributed by atoms with van der Waals surface area (Å²) in [6.07, 6.45) is -8.49. The van der Waals surface area contributed by atoms with Gasteiger partial charge >= 0.3 is 18.3 Å². The molecule has 0 saturated heterocycles. The predicted molar refractivity (Wildman–Crippen MR) is 129 cm³/mol. The van der Waals surface area contributed by atoms with E-state index in [0.29, 0.717) is 24.0 Å². The van der Waals surface area contributed by atoms with E-state index in [1.807, 2.05) is 13.0 Å². The Morgan fingerprint density at radius 1 is 1.05 bits per heavy atom. The van der Waals surface area contributed by atoms with Gasteiger partial charge in [-0.2, -0.15) is 26.3 Å². The normalized spacial score (nSPS) is 14.9. The molecule has 0 spiro atoms. The summed E-state index contributed by atoms with van der Waals surface area (Å²) in [5, 5.41) is 11.9. The number of aromatic nitrogens is 4. The number of aryl methyl sites for hydroxylation is 1. The summed E-state index contributed by atoms with van der Waals surface area (Å²) in [6.45, 7) is 1.73. The predicted octanol–water partition coefficient (Wildman–Crippen LogP) is 6.32. The molecule has 2 N–H and O–H groups in total. The first-order chi connectivity index (χ1) is 18.3. The van der Waals surface area contributed by atoms with Crippen molar-refractivity contribution < 1.29 is 36.2 Å². The topological polar surface area (TPSA) is 92.9 Å². The van der Waals surface area contributed by atoms with Gasteiger partial charge in [-0.15, -0.1) is 0 Å². The minimum absolute atomic E-state index is 0.00584. The molecule has 7 nitrogen and oxygen atoms in total. The number of nitrogens with zero attached hydrogens (tertiary/aromatic N) is 4. The number of halogens is 6. The van der Waals surface area contributed by atoms with Crippen molar-refractivity contribution >= 4 is 23.0 Å². The third-order valence-corrected chi connectivity index (χ3v) is 6.43. The summed E-state index contributed by atoms with van der Waals surface area (Å²) >= 11 is 0. The van der Waals surface area contributed by atoms with Crippen molar-refractivity contribution in [2.75, 3.05) is 5.32 Å². The van der Waals surface area contributed by atoms with Crippen LogP contribution in [0.4, 0.5) is 32.2 Å². The average molecular weight is 549 g/mol. The molecular weight excluding hydrogens is 528 g/mol. The highest BCUT2D eigenvalue weighted by Crippen LogP contribution is 2.42. The quantitative estimate of drug-likeness (QED) is 0.262. The molecule has 1 atom stereocenters. The number of benzene rings is 2. The van der Waals surface area contributed by atoms with E-state index in [2.05, 4.69) is 20.3 Å². The molecule has 204 valence electrons. The smallest absolute Gasteiger partial charge is 0.416 e. The number of fused-ring (bicyclic) bond motifs is 1. The first-order valence-electron chi connectivity index (χ1n) is 11.9. The summed E-state index contributed by atoms with van der Waals surface area (Å²) < 4.78 is 82.5. The van der Waals surface area contributed by atoms with E-state index in [0.717, 1.165) is 17.7 Å². The van der Waals surface area contributed by atoms with Crippen molar-refractivity contribution in [1.29, 1.82) is 0 Å². The summed E-state index contributed by atoms with van der Waals surface area (Å²) in [7, 11) is 0. The number of rotatable bonds is 7. The molecule has 1 aliphatic rings. The molecule has 0 bridgehead atoms. The van der Waals surface area contributed by atoms with E-state index in [9.17, 15) is 36.2 Å². The van der Waals surface area contributed by atoms with Gasteiger partial charge < -0.3 is 15.0 Å². The van der Waals surface area contributed by atoms with Crippen molar-refractivity contribution in [1.82, 2.24) is 19.5 Å². The number of imidazole rings is 1. The first kappa shape index (κ1) is 26.4. The number of carboxylic acid groups (broad SMARTS) is 1. The maximum absolute atomic E-state index is 13.9. The minimum Gasteiger partial charge on any atom is -0.475 e. The molecule has 4 aromatic rings. The van der Waals surface area contributed by atoms with Crippen molar-refractivity contribution in [2.24, 2.45) is 5.92 Å². The fraction of sp³-hybridized carbons (Fsp3) is 0.308. The highest BCUT2D eigenvalue weighted by Gasteiger charge is 2.49. The second kappa shape index (κ2) is 9.54. The second-order valence-electron chi connectivity index (χ2n) is 9.46. The zero-order chi connectivity index (χ0) is 28.1.